The fourth-order valence-corrected chi connectivity index (χ4v) is 3.77. The minimum atomic E-state index is 0.251. The third kappa shape index (κ3) is 3.18. The summed E-state index contributed by atoms with van der Waals surface area (Å²) in [6, 6.07) is 6.42. The van der Waals surface area contributed by atoms with Crippen molar-refractivity contribution in [1.82, 2.24) is 14.7 Å². The van der Waals surface area contributed by atoms with Crippen molar-refractivity contribution >= 4 is 17.2 Å². The Balaban J connectivity index is 1.67. The molecule has 0 saturated carbocycles. The van der Waals surface area contributed by atoms with Gasteiger partial charge >= 0.3 is 0 Å². The Morgan fingerprint density at radius 2 is 2.33 bits per heavy atom. The van der Waals surface area contributed by atoms with Gasteiger partial charge in [-0.2, -0.15) is 5.10 Å². The van der Waals surface area contributed by atoms with Crippen LogP contribution in [0.4, 0.5) is 0 Å². The van der Waals surface area contributed by atoms with Crippen molar-refractivity contribution in [3.8, 4) is 0 Å². The number of aromatic nitrogens is 2. The molecule has 0 aromatic carbocycles. The zero-order valence-electron chi connectivity index (χ0n) is 12.6. The molecule has 5 heteroatoms. The minimum absolute atomic E-state index is 0.251. The number of hydrogen-bond donors (Lipinski definition) is 0. The van der Waals surface area contributed by atoms with Gasteiger partial charge in [0.25, 0.3) is 0 Å². The Morgan fingerprint density at radius 1 is 1.48 bits per heavy atom. The number of amides is 1. The summed E-state index contributed by atoms with van der Waals surface area (Å²) in [6.07, 6.45) is 2.71. The van der Waals surface area contributed by atoms with Gasteiger partial charge in [-0.15, -0.1) is 11.3 Å². The minimum Gasteiger partial charge on any atom is -0.338 e. The molecule has 1 unspecified atom stereocenters. The second-order valence-corrected chi connectivity index (χ2v) is 6.78. The first kappa shape index (κ1) is 14.3. The van der Waals surface area contributed by atoms with Crippen molar-refractivity contribution < 1.29 is 4.79 Å². The summed E-state index contributed by atoms with van der Waals surface area (Å²) in [6.45, 7) is 5.79. The normalized spacial score (nSPS) is 18.4. The third-order valence-corrected chi connectivity index (χ3v) is 4.97. The first-order valence-corrected chi connectivity index (χ1v) is 8.34. The van der Waals surface area contributed by atoms with Crippen LogP contribution in [0.1, 0.15) is 29.1 Å². The van der Waals surface area contributed by atoms with Crippen molar-refractivity contribution in [1.29, 1.82) is 0 Å². The molecule has 1 fully saturated rings. The molecule has 1 atom stereocenters. The van der Waals surface area contributed by atoms with Gasteiger partial charge < -0.3 is 4.90 Å². The average molecular weight is 303 g/mol. The molecule has 2 aromatic heterocycles. The highest BCUT2D eigenvalue weighted by Gasteiger charge is 2.29. The fraction of sp³-hybridized carbons (Fsp3) is 0.500. The molecule has 0 bridgehead atoms. The Kier molecular flexibility index (Phi) is 4.10. The lowest BCUT2D eigenvalue weighted by Crippen LogP contribution is -2.39. The molecule has 3 heterocycles. The second kappa shape index (κ2) is 6.02. The first-order valence-electron chi connectivity index (χ1n) is 7.46. The van der Waals surface area contributed by atoms with Gasteiger partial charge in [0, 0.05) is 17.1 Å². The number of rotatable bonds is 4. The molecule has 1 saturated heterocycles. The van der Waals surface area contributed by atoms with E-state index in [0.29, 0.717) is 6.42 Å². The number of aryl methyl sites for hydroxylation is 2. The van der Waals surface area contributed by atoms with Crippen LogP contribution >= 0.6 is 11.3 Å². The van der Waals surface area contributed by atoms with Gasteiger partial charge in [-0.3, -0.25) is 9.48 Å². The highest BCUT2D eigenvalue weighted by Crippen LogP contribution is 2.21. The van der Waals surface area contributed by atoms with Gasteiger partial charge in [-0.25, -0.2) is 0 Å². The monoisotopic (exact) mass is 303 g/mol. The summed E-state index contributed by atoms with van der Waals surface area (Å²) < 4.78 is 2.04. The van der Waals surface area contributed by atoms with Gasteiger partial charge in [0.15, 0.2) is 0 Å². The number of carbonyl (C=O) groups excluding carboxylic acids is 1. The number of thiophene rings is 1. The van der Waals surface area contributed by atoms with Crippen molar-refractivity contribution in [2.24, 2.45) is 0 Å². The maximum atomic E-state index is 12.5. The maximum absolute atomic E-state index is 12.5. The average Bonchev–Trinajstić information content (AvgIpc) is 3.13. The molecule has 1 aliphatic rings. The predicted octanol–water partition coefficient (Wildman–Crippen LogP) is 2.80. The predicted molar refractivity (Wildman–Crippen MR) is 84.5 cm³/mol. The number of nitrogens with zero attached hydrogens (tertiary/aromatic N) is 3. The summed E-state index contributed by atoms with van der Waals surface area (Å²) in [5.74, 6) is 0.251. The Hall–Kier alpha value is -1.62. The highest BCUT2D eigenvalue weighted by molar-refractivity contribution is 7.10. The summed E-state index contributed by atoms with van der Waals surface area (Å²) >= 11 is 1.66. The van der Waals surface area contributed by atoms with E-state index in [1.165, 1.54) is 5.69 Å². The quantitative estimate of drug-likeness (QED) is 0.871. The van der Waals surface area contributed by atoms with E-state index in [1.54, 1.807) is 11.3 Å². The van der Waals surface area contributed by atoms with Gasteiger partial charge in [0.1, 0.15) is 0 Å². The van der Waals surface area contributed by atoms with E-state index >= 15 is 0 Å². The van der Waals surface area contributed by atoms with Gasteiger partial charge in [-0.05, 0) is 44.2 Å². The van der Waals surface area contributed by atoms with Crippen LogP contribution in [0, 0.1) is 13.8 Å². The molecule has 2 aromatic rings. The van der Waals surface area contributed by atoms with Crippen LogP contribution in [-0.4, -0.2) is 33.2 Å². The summed E-state index contributed by atoms with van der Waals surface area (Å²) in [5.41, 5.74) is 2.21. The molecule has 0 N–H and O–H groups in total. The standard InChI is InChI=1S/C16H21N3OS/c1-12-9-13(2)19(17-12)11-14-5-3-7-18(14)16(20)10-15-6-4-8-21-15/h4,6,8-9,14H,3,5,7,10-11H2,1-2H3. The molecule has 3 rings (SSSR count). The largest absolute Gasteiger partial charge is 0.338 e. The summed E-state index contributed by atoms with van der Waals surface area (Å²) in [4.78, 5) is 15.7. The van der Waals surface area contributed by atoms with E-state index in [4.69, 9.17) is 0 Å². The Bertz CT molecular complexity index is 618. The van der Waals surface area contributed by atoms with Crippen molar-refractivity contribution in [3.63, 3.8) is 0 Å². The zero-order chi connectivity index (χ0) is 14.8. The van der Waals surface area contributed by atoms with Crippen LogP contribution < -0.4 is 0 Å². The molecule has 4 nitrogen and oxygen atoms in total. The fourth-order valence-electron chi connectivity index (χ4n) is 3.08. The first-order chi connectivity index (χ1) is 10.1. The van der Waals surface area contributed by atoms with Crippen LogP contribution in [0.15, 0.2) is 23.6 Å². The molecular formula is C16H21N3OS. The molecule has 1 amide bonds. The van der Waals surface area contributed by atoms with Crippen LogP contribution in [0.5, 0.6) is 0 Å². The van der Waals surface area contributed by atoms with Crippen LogP contribution in [0.3, 0.4) is 0 Å². The Morgan fingerprint density at radius 3 is 3.00 bits per heavy atom. The van der Waals surface area contributed by atoms with E-state index in [1.807, 2.05) is 29.1 Å². The van der Waals surface area contributed by atoms with Crippen molar-refractivity contribution in [2.45, 2.75) is 45.7 Å². The molecular weight excluding hydrogens is 282 g/mol. The van der Waals surface area contributed by atoms with Crippen LogP contribution in [-0.2, 0) is 17.8 Å². The topological polar surface area (TPSA) is 38.1 Å². The smallest absolute Gasteiger partial charge is 0.228 e. The molecule has 21 heavy (non-hydrogen) atoms. The third-order valence-electron chi connectivity index (χ3n) is 4.09. The maximum Gasteiger partial charge on any atom is 0.228 e. The van der Waals surface area contributed by atoms with Gasteiger partial charge in [-0.1, -0.05) is 6.07 Å². The number of likely N-dealkylation sites (tertiary alicyclic amines) is 1. The molecule has 0 spiro atoms. The van der Waals surface area contributed by atoms with E-state index in [2.05, 4.69) is 23.0 Å². The van der Waals surface area contributed by atoms with E-state index < -0.39 is 0 Å². The summed E-state index contributed by atoms with van der Waals surface area (Å²) in [5, 5.41) is 6.55. The lowest BCUT2D eigenvalue weighted by Gasteiger charge is -2.25. The molecule has 1 aliphatic heterocycles. The molecule has 0 radical (unpaired) electrons. The van der Waals surface area contributed by atoms with Crippen molar-refractivity contribution in [2.75, 3.05) is 6.54 Å². The van der Waals surface area contributed by atoms with E-state index in [0.717, 1.165) is 36.5 Å². The van der Waals surface area contributed by atoms with E-state index in [9.17, 15) is 4.79 Å². The van der Waals surface area contributed by atoms with Crippen LogP contribution in [0.2, 0.25) is 0 Å². The zero-order valence-corrected chi connectivity index (χ0v) is 13.4. The lowest BCUT2D eigenvalue weighted by molar-refractivity contribution is -0.131. The van der Waals surface area contributed by atoms with Gasteiger partial charge in [0.2, 0.25) is 5.91 Å². The number of hydrogen-bond acceptors (Lipinski definition) is 3. The highest BCUT2D eigenvalue weighted by atomic mass is 32.1. The number of carbonyl (C=O) groups is 1. The van der Waals surface area contributed by atoms with Crippen LogP contribution in [0.25, 0.3) is 0 Å². The summed E-state index contributed by atoms with van der Waals surface area (Å²) in [7, 11) is 0. The Labute approximate surface area is 129 Å². The SMILES string of the molecule is Cc1cc(C)n(CC2CCCN2C(=O)Cc2cccs2)n1. The van der Waals surface area contributed by atoms with Crippen molar-refractivity contribution in [3.05, 3.63) is 39.8 Å². The molecule has 112 valence electrons. The lowest BCUT2D eigenvalue weighted by atomic mass is 10.2. The van der Waals surface area contributed by atoms with E-state index in [-0.39, 0.29) is 11.9 Å². The molecule has 0 aliphatic carbocycles. The van der Waals surface area contributed by atoms with Gasteiger partial charge in [0.05, 0.1) is 24.7 Å². The second-order valence-electron chi connectivity index (χ2n) is 5.75.